The predicted molar refractivity (Wildman–Crippen MR) is 107 cm³/mol. The second kappa shape index (κ2) is 7.81. The molecule has 0 aromatic heterocycles. The third kappa shape index (κ3) is 3.70. The quantitative estimate of drug-likeness (QED) is 0.759. The normalized spacial score (nSPS) is 18.5. The number of amides is 4. The Balaban J connectivity index is 1.73. The molecule has 1 aromatic carbocycles. The van der Waals surface area contributed by atoms with Crippen molar-refractivity contribution in [2.75, 3.05) is 19.0 Å². The Morgan fingerprint density at radius 1 is 1.25 bits per heavy atom. The number of carbonyl (C=O) groups excluding carboxylic acids is 3. The van der Waals surface area contributed by atoms with Crippen molar-refractivity contribution >= 4 is 23.5 Å². The molecule has 0 unspecified atom stereocenters. The fourth-order valence-corrected chi connectivity index (χ4v) is 4.11. The van der Waals surface area contributed by atoms with Crippen LogP contribution in [-0.4, -0.2) is 41.9 Å². The van der Waals surface area contributed by atoms with E-state index in [0.717, 1.165) is 41.0 Å². The lowest BCUT2D eigenvalue weighted by molar-refractivity contribution is -0.134. The second-order valence-electron chi connectivity index (χ2n) is 8.08. The number of hydrogen-bond acceptors (Lipinski definition) is 4. The van der Waals surface area contributed by atoms with Gasteiger partial charge in [0.1, 0.15) is 17.8 Å². The number of aryl methyl sites for hydroxylation is 1. The zero-order valence-corrected chi connectivity index (χ0v) is 17.1. The van der Waals surface area contributed by atoms with E-state index in [0.29, 0.717) is 18.5 Å². The molecule has 1 aromatic rings. The largest absolute Gasteiger partial charge is 0.496 e. The van der Waals surface area contributed by atoms with E-state index in [2.05, 4.69) is 24.5 Å². The van der Waals surface area contributed by atoms with Crippen LogP contribution in [0.15, 0.2) is 12.1 Å². The molecule has 0 bridgehead atoms. The molecule has 0 radical (unpaired) electrons. The van der Waals surface area contributed by atoms with E-state index in [1.807, 2.05) is 19.1 Å². The van der Waals surface area contributed by atoms with Crippen molar-refractivity contribution in [3.05, 3.63) is 23.3 Å². The monoisotopic (exact) mass is 387 g/mol. The highest BCUT2D eigenvalue weighted by atomic mass is 16.5. The van der Waals surface area contributed by atoms with E-state index in [1.165, 1.54) is 0 Å². The van der Waals surface area contributed by atoms with Crippen molar-refractivity contribution < 1.29 is 19.1 Å². The maximum atomic E-state index is 12.8. The summed E-state index contributed by atoms with van der Waals surface area (Å²) in [6.45, 7) is 5.70. The molecule has 1 aliphatic heterocycles. The number of benzene rings is 1. The van der Waals surface area contributed by atoms with E-state index < -0.39 is 11.6 Å². The van der Waals surface area contributed by atoms with E-state index in [1.54, 1.807) is 7.11 Å². The van der Waals surface area contributed by atoms with Crippen molar-refractivity contribution in [3.63, 3.8) is 0 Å². The van der Waals surface area contributed by atoms with Gasteiger partial charge in [0.2, 0.25) is 5.91 Å². The van der Waals surface area contributed by atoms with Gasteiger partial charge < -0.3 is 15.4 Å². The fourth-order valence-electron chi connectivity index (χ4n) is 4.11. The smallest absolute Gasteiger partial charge is 0.325 e. The summed E-state index contributed by atoms with van der Waals surface area (Å²) < 4.78 is 5.43. The molecule has 2 aliphatic rings. The number of anilines is 1. The van der Waals surface area contributed by atoms with Crippen molar-refractivity contribution in [2.24, 2.45) is 0 Å². The molecule has 1 heterocycles. The molecule has 0 atom stereocenters. The fraction of sp³-hybridized carbons (Fsp3) is 0.571. The Morgan fingerprint density at radius 2 is 1.93 bits per heavy atom. The van der Waals surface area contributed by atoms with Crippen LogP contribution in [0.2, 0.25) is 0 Å². The summed E-state index contributed by atoms with van der Waals surface area (Å²) in [7, 11) is 1.62. The zero-order valence-electron chi connectivity index (χ0n) is 17.1. The lowest BCUT2D eigenvalue weighted by Gasteiger charge is -2.30. The maximum absolute atomic E-state index is 12.8. The number of ether oxygens (including phenoxy) is 1. The van der Waals surface area contributed by atoms with Crippen LogP contribution in [-0.2, 0) is 9.59 Å². The summed E-state index contributed by atoms with van der Waals surface area (Å²) in [4.78, 5) is 38.8. The Bertz CT molecular complexity index is 797. The van der Waals surface area contributed by atoms with Crippen molar-refractivity contribution in [2.45, 2.75) is 64.3 Å². The highest BCUT2D eigenvalue weighted by molar-refractivity contribution is 6.10. The van der Waals surface area contributed by atoms with E-state index in [9.17, 15) is 14.4 Å². The first kappa shape index (κ1) is 20.2. The first-order valence-electron chi connectivity index (χ1n) is 9.90. The van der Waals surface area contributed by atoms with Crippen LogP contribution in [0.5, 0.6) is 5.75 Å². The van der Waals surface area contributed by atoms with Crippen LogP contribution in [0.3, 0.4) is 0 Å². The number of carbonyl (C=O) groups is 3. The minimum absolute atomic E-state index is 0.225. The molecule has 7 heteroatoms. The SMILES string of the molecule is COc1cc(C)c(NC(=O)CN2C(=O)NC3(CCCCC3)C2=O)cc1C(C)C. The number of hydrogen-bond donors (Lipinski definition) is 2. The van der Waals surface area contributed by atoms with Gasteiger partial charge in [-0.05, 0) is 48.9 Å². The van der Waals surface area contributed by atoms with Gasteiger partial charge >= 0.3 is 6.03 Å². The predicted octanol–water partition coefficient (Wildman–Crippen LogP) is 3.32. The van der Waals surface area contributed by atoms with Crippen molar-refractivity contribution in [1.82, 2.24) is 10.2 Å². The summed E-state index contributed by atoms with van der Waals surface area (Å²) in [6, 6.07) is 3.30. The molecular formula is C21H29N3O4. The lowest BCUT2D eigenvalue weighted by atomic mass is 9.82. The average Bonchev–Trinajstić information content (AvgIpc) is 2.87. The molecule has 1 saturated carbocycles. The van der Waals surface area contributed by atoms with Gasteiger partial charge in [-0.15, -0.1) is 0 Å². The number of imide groups is 1. The Morgan fingerprint density at radius 3 is 2.54 bits per heavy atom. The van der Waals surface area contributed by atoms with Gasteiger partial charge in [0.25, 0.3) is 5.91 Å². The van der Waals surface area contributed by atoms with E-state index in [4.69, 9.17) is 4.74 Å². The number of rotatable bonds is 5. The molecule has 2 N–H and O–H groups in total. The Labute approximate surface area is 165 Å². The van der Waals surface area contributed by atoms with Gasteiger partial charge in [-0.1, -0.05) is 33.1 Å². The number of methoxy groups -OCH3 is 1. The zero-order chi connectivity index (χ0) is 20.5. The van der Waals surface area contributed by atoms with E-state index >= 15 is 0 Å². The minimum Gasteiger partial charge on any atom is -0.496 e. The molecule has 28 heavy (non-hydrogen) atoms. The summed E-state index contributed by atoms with van der Waals surface area (Å²) in [6.07, 6.45) is 4.18. The Kier molecular flexibility index (Phi) is 5.63. The lowest BCUT2D eigenvalue weighted by Crippen LogP contribution is -2.48. The first-order valence-corrected chi connectivity index (χ1v) is 9.90. The van der Waals surface area contributed by atoms with Crippen molar-refractivity contribution in [3.8, 4) is 5.75 Å². The molecule has 1 spiro atoms. The van der Waals surface area contributed by atoms with Crippen LogP contribution in [0, 0.1) is 6.92 Å². The number of nitrogens with one attached hydrogen (secondary N) is 2. The van der Waals surface area contributed by atoms with Gasteiger partial charge in [0.15, 0.2) is 0 Å². The van der Waals surface area contributed by atoms with Crippen molar-refractivity contribution in [1.29, 1.82) is 0 Å². The molecule has 1 saturated heterocycles. The molecular weight excluding hydrogens is 358 g/mol. The highest BCUT2D eigenvalue weighted by Crippen LogP contribution is 2.34. The Hall–Kier alpha value is -2.57. The third-order valence-electron chi connectivity index (χ3n) is 5.73. The summed E-state index contributed by atoms with van der Waals surface area (Å²) in [5, 5.41) is 5.68. The number of nitrogens with zero attached hydrogens (tertiary/aromatic N) is 1. The van der Waals surface area contributed by atoms with Crippen LogP contribution in [0.25, 0.3) is 0 Å². The first-order chi connectivity index (χ1) is 13.3. The van der Waals surface area contributed by atoms with Crippen LogP contribution >= 0.6 is 0 Å². The molecule has 152 valence electrons. The average molecular weight is 387 g/mol. The van der Waals surface area contributed by atoms with Crippen LogP contribution in [0.1, 0.15) is 63.0 Å². The molecule has 4 amide bonds. The summed E-state index contributed by atoms with van der Waals surface area (Å²) in [5.74, 6) is 0.336. The summed E-state index contributed by atoms with van der Waals surface area (Å²) in [5.41, 5.74) is 1.69. The number of urea groups is 1. The topological polar surface area (TPSA) is 87.7 Å². The summed E-state index contributed by atoms with van der Waals surface area (Å²) >= 11 is 0. The van der Waals surface area contributed by atoms with Crippen LogP contribution in [0.4, 0.5) is 10.5 Å². The standard InChI is InChI=1S/C21H29N3O4/c1-13(2)15-11-16(14(3)10-17(15)28-4)22-18(25)12-24-19(26)21(23-20(24)27)8-6-5-7-9-21/h10-11,13H,5-9,12H2,1-4H3,(H,22,25)(H,23,27). The van der Waals surface area contributed by atoms with Gasteiger partial charge in [-0.25, -0.2) is 4.79 Å². The second-order valence-corrected chi connectivity index (χ2v) is 8.08. The van der Waals surface area contributed by atoms with Gasteiger partial charge in [0.05, 0.1) is 7.11 Å². The van der Waals surface area contributed by atoms with Crippen LogP contribution < -0.4 is 15.4 Å². The minimum atomic E-state index is -0.809. The molecule has 2 fully saturated rings. The van der Waals surface area contributed by atoms with E-state index in [-0.39, 0.29) is 24.3 Å². The van der Waals surface area contributed by atoms with Gasteiger partial charge in [-0.3, -0.25) is 14.5 Å². The third-order valence-corrected chi connectivity index (χ3v) is 5.73. The molecule has 3 rings (SSSR count). The van der Waals surface area contributed by atoms with Gasteiger partial charge in [0, 0.05) is 5.69 Å². The highest BCUT2D eigenvalue weighted by Gasteiger charge is 2.51. The maximum Gasteiger partial charge on any atom is 0.325 e. The van der Waals surface area contributed by atoms with Gasteiger partial charge in [-0.2, -0.15) is 0 Å². The molecule has 1 aliphatic carbocycles. The molecule has 7 nitrogen and oxygen atoms in total.